The first kappa shape index (κ1) is 32.7. The monoisotopic (exact) mass is 540 g/mol. The summed E-state index contributed by atoms with van der Waals surface area (Å²) in [6, 6.07) is 0. The van der Waals surface area contributed by atoms with Gasteiger partial charge in [0.05, 0.1) is 32.4 Å². The molecule has 0 aliphatic carbocycles. The first-order valence-electron chi connectivity index (χ1n) is 12.4. The third-order valence-electron chi connectivity index (χ3n) is 5.69. The zero-order valence-electron chi connectivity index (χ0n) is 21.4. The minimum absolute atomic E-state index is 0.172. The molecule has 0 unspecified atom stereocenters. The average molecular weight is 541 g/mol. The van der Waals surface area contributed by atoms with Crippen LogP contribution in [0.4, 0.5) is 13.2 Å². The fraction of sp³-hybridized carbons (Fsp3) is 0.826. The fourth-order valence-corrected chi connectivity index (χ4v) is 3.80. The van der Waals surface area contributed by atoms with Crippen LogP contribution in [0.25, 0.3) is 0 Å². The molecule has 1 aromatic heterocycles. The van der Waals surface area contributed by atoms with E-state index in [2.05, 4.69) is 17.0 Å². The lowest BCUT2D eigenvalue weighted by Crippen LogP contribution is -2.56. The maximum Gasteiger partial charge on any atom is 0.490 e. The maximum absolute atomic E-state index is 11.9. The van der Waals surface area contributed by atoms with Crippen LogP contribution in [0.15, 0.2) is 12.7 Å². The van der Waals surface area contributed by atoms with Crippen LogP contribution in [-0.2, 0) is 35.1 Å². The van der Waals surface area contributed by atoms with Gasteiger partial charge in [0, 0.05) is 7.11 Å². The van der Waals surface area contributed by atoms with Gasteiger partial charge in [-0.1, -0.05) is 51.9 Å². The van der Waals surface area contributed by atoms with E-state index in [0.29, 0.717) is 19.8 Å². The van der Waals surface area contributed by atoms with Crippen molar-refractivity contribution in [3.8, 4) is 0 Å². The molecule has 0 spiro atoms. The lowest BCUT2D eigenvalue weighted by atomic mass is 9.95. The van der Waals surface area contributed by atoms with Crippen LogP contribution < -0.4 is 5.73 Å². The molecule has 4 atom stereocenters. The highest BCUT2D eigenvalue weighted by Crippen LogP contribution is 2.27. The smallest absolute Gasteiger partial charge is 0.475 e. The van der Waals surface area contributed by atoms with Gasteiger partial charge in [0.15, 0.2) is 6.10 Å². The van der Waals surface area contributed by atoms with Crippen LogP contribution in [0, 0.1) is 0 Å². The van der Waals surface area contributed by atoms with Gasteiger partial charge in [0.1, 0.15) is 24.9 Å². The standard InChI is InChI=1S/C21H38N4O5.C2HF3O2/c1-3-4-5-6-7-8-9-10-17-21(30-19(26)13-22)20(27-2)18(14-29-17)28-12-11-25-16-23-15-24-25;3-2(4,5)1(6)7/h15-18,20-21H,3-14,22H2,1-2H3;(H,6,7)/t17-,18+,20-,21+;/m0./s1. The molecule has 0 radical (unpaired) electrons. The molecule has 0 aromatic carbocycles. The second kappa shape index (κ2) is 18.0. The average Bonchev–Trinajstić information content (AvgIpc) is 3.37. The van der Waals surface area contributed by atoms with Gasteiger partial charge < -0.3 is 29.8 Å². The largest absolute Gasteiger partial charge is 0.490 e. The Bertz CT molecular complexity index is 753. The van der Waals surface area contributed by atoms with E-state index < -0.39 is 30.3 Å². The van der Waals surface area contributed by atoms with Crippen LogP contribution in [0.3, 0.4) is 0 Å². The van der Waals surface area contributed by atoms with Crippen molar-refractivity contribution >= 4 is 11.9 Å². The number of esters is 1. The van der Waals surface area contributed by atoms with Gasteiger partial charge in [-0.15, -0.1) is 0 Å². The number of halogens is 3. The van der Waals surface area contributed by atoms with Gasteiger partial charge in [-0.25, -0.2) is 9.78 Å². The molecule has 2 rings (SSSR count). The van der Waals surface area contributed by atoms with E-state index in [1.807, 2.05) is 0 Å². The minimum Gasteiger partial charge on any atom is -0.475 e. The number of unbranched alkanes of at least 4 members (excludes halogenated alkanes) is 6. The predicted molar refractivity (Wildman–Crippen MR) is 126 cm³/mol. The third kappa shape index (κ3) is 13.2. The summed E-state index contributed by atoms with van der Waals surface area (Å²) in [7, 11) is 1.61. The van der Waals surface area contributed by atoms with Crippen LogP contribution >= 0.6 is 0 Å². The molecule has 14 heteroatoms. The lowest BCUT2D eigenvalue weighted by molar-refractivity contribution is -0.224. The highest BCUT2D eigenvalue weighted by Gasteiger charge is 2.43. The first-order chi connectivity index (χ1) is 17.6. The first-order valence-corrected chi connectivity index (χ1v) is 12.4. The van der Waals surface area contributed by atoms with Gasteiger partial charge in [0.25, 0.3) is 0 Å². The predicted octanol–water partition coefficient (Wildman–Crippen LogP) is 2.72. The maximum atomic E-state index is 11.9. The SMILES string of the molecule is CCCCCCCCC[C@@H]1OC[C@@H](OCCn2cncn2)[C@H](OC)[C@@H]1OC(=O)CN.O=C(O)C(F)(F)F. The summed E-state index contributed by atoms with van der Waals surface area (Å²) in [5.74, 6) is -3.22. The topological polar surface area (TPSA) is 148 Å². The van der Waals surface area contributed by atoms with Crippen LogP contribution in [0.2, 0.25) is 0 Å². The number of carbonyl (C=O) groups is 2. The van der Waals surface area contributed by atoms with Crippen LogP contribution in [0.1, 0.15) is 58.3 Å². The van der Waals surface area contributed by atoms with Crippen LogP contribution in [0.5, 0.6) is 0 Å². The molecule has 11 nitrogen and oxygen atoms in total. The molecule has 1 aliphatic heterocycles. The number of nitrogens with zero attached hydrogens (tertiary/aromatic N) is 3. The number of carboxylic acids is 1. The fourth-order valence-electron chi connectivity index (χ4n) is 3.80. The molecule has 0 bridgehead atoms. The van der Waals surface area contributed by atoms with E-state index in [0.717, 1.165) is 19.3 Å². The number of carbonyl (C=O) groups excluding carboxylic acids is 1. The molecule has 1 aromatic rings. The third-order valence-corrected chi connectivity index (χ3v) is 5.69. The number of alkyl halides is 3. The van der Waals surface area contributed by atoms with Crippen molar-refractivity contribution in [2.24, 2.45) is 5.73 Å². The van der Waals surface area contributed by atoms with Crippen molar-refractivity contribution in [3.05, 3.63) is 12.7 Å². The zero-order chi connectivity index (χ0) is 27.7. The Kier molecular flexibility index (Phi) is 16.0. The summed E-state index contributed by atoms with van der Waals surface area (Å²) in [5.41, 5.74) is 5.47. The number of aromatic nitrogens is 3. The Morgan fingerprint density at radius 3 is 2.35 bits per heavy atom. The molecule has 214 valence electrons. The minimum atomic E-state index is -5.08. The Morgan fingerprint density at radius 1 is 1.16 bits per heavy atom. The Morgan fingerprint density at radius 2 is 1.81 bits per heavy atom. The molecule has 1 saturated heterocycles. The number of nitrogens with two attached hydrogens (primary N) is 1. The molecular formula is C23H39F3N4O7. The van der Waals surface area contributed by atoms with Gasteiger partial charge in [0.2, 0.25) is 0 Å². The number of aliphatic carboxylic acids is 1. The molecule has 37 heavy (non-hydrogen) atoms. The Labute approximate surface area is 214 Å². The molecule has 2 heterocycles. The lowest BCUT2D eigenvalue weighted by Gasteiger charge is -2.41. The summed E-state index contributed by atoms with van der Waals surface area (Å²) in [5, 5.41) is 11.2. The summed E-state index contributed by atoms with van der Waals surface area (Å²) < 4.78 is 56.8. The Hall–Kier alpha value is -2.29. The molecule has 1 aliphatic rings. The second-order valence-electron chi connectivity index (χ2n) is 8.51. The zero-order valence-corrected chi connectivity index (χ0v) is 21.4. The van der Waals surface area contributed by atoms with Crippen molar-refractivity contribution in [3.63, 3.8) is 0 Å². The number of methoxy groups -OCH3 is 1. The molecular weight excluding hydrogens is 501 g/mol. The van der Waals surface area contributed by atoms with Crippen molar-refractivity contribution < 1.29 is 46.8 Å². The second-order valence-corrected chi connectivity index (χ2v) is 8.51. The van der Waals surface area contributed by atoms with Gasteiger partial charge >= 0.3 is 18.1 Å². The van der Waals surface area contributed by atoms with Crippen molar-refractivity contribution in [2.75, 3.05) is 26.9 Å². The van der Waals surface area contributed by atoms with Gasteiger partial charge in [-0.2, -0.15) is 18.3 Å². The van der Waals surface area contributed by atoms with E-state index in [4.69, 9.17) is 34.6 Å². The number of ether oxygens (including phenoxy) is 4. The number of hydrogen-bond donors (Lipinski definition) is 2. The quantitative estimate of drug-likeness (QED) is 0.251. The van der Waals surface area contributed by atoms with Crippen molar-refractivity contribution in [2.45, 2.75) is 95.4 Å². The van der Waals surface area contributed by atoms with E-state index >= 15 is 0 Å². The van der Waals surface area contributed by atoms with Crippen molar-refractivity contribution in [1.29, 1.82) is 0 Å². The summed E-state index contributed by atoms with van der Waals surface area (Å²) in [6.07, 6.45) is 5.91. The van der Waals surface area contributed by atoms with Crippen LogP contribution in [-0.4, -0.2) is 89.3 Å². The highest BCUT2D eigenvalue weighted by atomic mass is 19.4. The number of carboxylic acid groups (broad SMARTS) is 1. The summed E-state index contributed by atoms with van der Waals surface area (Å²) in [4.78, 5) is 24.7. The highest BCUT2D eigenvalue weighted by molar-refractivity contribution is 5.73. The van der Waals surface area contributed by atoms with Gasteiger partial charge in [-0.05, 0) is 6.42 Å². The molecule has 1 fully saturated rings. The molecule has 0 amide bonds. The summed E-state index contributed by atoms with van der Waals surface area (Å²) >= 11 is 0. The van der Waals surface area contributed by atoms with E-state index in [9.17, 15) is 18.0 Å². The van der Waals surface area contributed by atoms with E-state index in [1.165, 1.54) is 38.4 Å². The summed E-state index contributed by atoms with van der Waals surface area (Å²) in [6.45, 7) is 3.45. The Balaban J connectivity index is 0.000000856. The van der Waals surface area contributed by atoms with Crippen molar-refractivity contribution in [1.82, 2.24) is 14.8 Å². The molecule has 0 saturated carbocycles. The molecule has 3 N–H and O–H groups in total. The van der Waals surface area contributed by atoms with E-state index in [1.54, 1.807) is 18.1 Å². The normalized spacial score (nSPS) is 21.7. The number of hydrogen-bond acceptors (Lipinski definition) is 9. The van der Waals surface area contributed by atoms with Gasteiger partial charge in [-0.3, -0.25) is 9.48 Å². The van der Waals surface area contributed by atoms with E-state index in [-0.39, 0.29) is 18.8 Å². The number of rotatable bonds is 15.